The molecule has 0 aliphatic heterocycles. The molecule has 2 nitrogen and oxygen atoms in total. The Kier molecular flexibility index (Phi) is 3.81. The summed E-state index contributed by atoms with van der Waals surface area (Å²) < 4.78 is 0. The molecule has 1 atom stereocenters. The molecule has 102 valence electrons. The van der Waals surface area contributed by atoms with Gasteiger partial charge in [0.1, 0.15) is 0 Å². The SMILES string of the molecule is CCc1ccc(C(O)Cc2ccnc3ccccc23)s1. The van der Waals surface area contributed by atoms with Crippen LogP contribution in [0.5, 0.6) is 0 Å². The maximum Gasteiger partial charge on any atom is 0.0922 e. The molecule has 0 spiro atoms. The van der Waals surface area contributed by atoms with Crippen LogP contribution in [0.4, 0.5) is 0 Å². The third-order valence-electron chi connectivity index (χ3n) is 3.51. The average molecular weight is 283 g/mol. The van der Waals surface area contributed by atoms with E-state index in [-0.39, 0.29) is 0 Å². The van der Waals surface area contributed by atoms with Crippen LogP contribution in [-0.2, 0) is 12.8 Å². The lowest BCUT2D eigenvalue weighted by molar-refractivity contribution is 0.182. The molecule has 0 bridgehead atoms. The molecule has 0 aliphatic carbocycles. The van der Waals surface area contributed by atoms with Crippen LogP contribution in [0.2, 0.25) is 0 Å². The van der Waals surface area contributed by atoms with E-state index in [2.05, 4.69) is 24.0 Å². The Labute approximate surface area is 122 Å². The summed E-state index contributed by atoms with van der Waals surface area (Å²) in [6.07, 6.45) is 3.03. The smallest absolute Gasteiger partial charge is 0.0922 e. The van der Waals surface area contributed by atoms with Gasteiger partial charge in [-0.05, 0) is 36.2 Å². The highest BCUT2D eigenvalue weighted by Crippen LogP contribution is 2.28. The summed E-state index contributed by atoms with van der Waals surface area (Å²) >= 11 is 1.70. The van der Waals surface area contributed by atoms with Crippen LogP contribution in [0.15, 0.2) is 48.7 Å². The Hall–Kier alpha value is -1.71. The number of thiophene rings is 1. The standard InChI is InChI=1S/C17H17NOS/c1-2-13-7-8-17(20-13)16(19)11-12-9-10-18-15-6-4-3-5-14(12)15/h3-10,16,19H,2,11H2,1H3. The molecular formula is C17H17NOS. The van der Waals surface area contributed by atoms with Crippen molar-refractivity contribution < 1.29 is 5.11 Å². The van der Waals surface area contributed by atoms with Gasteiger partial charge in [0.25, 0.3) is 0 Å². The number of benzene rings is 1. The summed E-state index contributed by atoms with van der Waals surface area (Å²) in [7, 11) is 0. The van der Waals surface area contributed by atoms with Crippen molar-refractivity contribution in [1.82, 2.24) is 4.98 Å². The number of aliphatic hydroxyl groups is 1. The highest BCUT2D eigenvalue weighted by molar-refractivity contribution is 7.12. The molecule has 3 heteroatoms. The van der Waals surface area contributed by atoms with Crippen LogP contribution in [0.1, 0.15) is 28.3 Å². The van der Waals surface area contributed by atoms with Crippen molar-refractivity contribution in [3.63, 3.8) is 0 Å². The van der Waals surface area contributed by atoms with Crippen molar-refractivity contribution in [2.45, 2.75) is 25.9 Å². The zero-order chi connectivity index (χ0) is 13.9. The van der Waals surface area contributed by atoms with Crippen LogP contribution in [0, 0.1) is 0 Å². The molecule has 0 saturated heterocycles. The van der Waals surface area contributed by atoms with E-state index in [4.69, 9.17) is 0 Å². The second kappa shape index (κ2) is 5.73. The van der Waals surface area contributed by atoms with Crippen molar-refractivity contribution in [3.8, 4) is 0 Å². The molecule has 3 aromatic rings. The molecule has 0 radical (unpaired) electrons. The molecule has 1 unspecified atom stereocenters. The van der Waals surface area contributed by atoms with E-state index in [0.29, 0.717) is 6.42 Å². The first-order valence-electron chi connectivity index (χ1n) is 6.87. The first kappa shape index (κ1) is 13.3. The van der Waals surface area contributed by atoms with Crippen molar-refractivity contribution in [2.75, 3.05) is 0 Å². The Balaban J connectivity index is 1.89. The van der Waals surface area contributed by atoms with Crippen molar-refractivity contribution in [1.29, 1.82) is 0 Å². The number of aromatic nitrogens is 1. The number of nitrogens with zero attached hydrogens (tertiary/aromatic N) is 1. The second-order valence-electron chi connectivity index (χ2n) is 4.86. The fraction of sp³-hybridized carbons (Fsp3) is 0.235. The molecule has 2 heterocycles. The zero-order valence-corrected chi connectivity index (χ0v) is 12.2. The zero-order valence-electron chi connectivity index (χ0n) is 11.4. The van der Waals surface area contributed by atoms with E-state index in [9.17, 15) is 5.11 Å². The van der Waals surface area contributed by atoms with Crippen LogP contribution in [-0.4, -0.2) is 10.1 Å². The number of aryl methyl sites for hydroxylation is 1. The van der Waals surface area contributed by atoms with Crippen LogP contribution < -0.4 is 0 Å². The molecule has 0 amide bonds. The molecule has 0 fully saturated rings. The first-order chi connectivity index (χ1) is 9.78. The topological polar surface area (TPSA) is 33.1 Å². The van der Waals surface area contributed by atoms with Gasteiger partial charge in [-0.15, -0.1) is 11.3 Å². The predicted molar refractivity (Wildman–Crippen MR) is 84.1 cm³/mol. The second-order valence-corrected chi connectivity index (χ2v) is 6.06. The van der Waals surface area contributed by atoms with Gasteiger partial charge in [-0.25, -0.2) is 0 Å². The minimum atomic E-state index is -0.439. The number of para-hydroxylation sites is 1. The quantitative estimate of drug-likeness (QED) is 0.781. The van der Waals surface area contributed by atoms with E-state index < -0.39 is 6.10 Å². The lowest BCUT2D eigenvalue weighted by Crippen LogP contribution is -2.00. The van der Waals surface area contributed by atoms with Crippen LogP contribution in [0.25, 0.3) is 10.9 Å². The summed E-state index contributed by atoms with van der Waals surface area (Å²) in [5.74, 6) is 0. The van der Waals surface area contributed by atoms with Gasteiger partial charge in [-0.3, -0.25) is 4.98 Å². The largest absolute Gasteiger partial charge is 0.387 e. The monoisotopic (exact) mass is 283 g/mol. The molecule has 0 aliphatic rings. The minimum absolute atomic E-state index is 0.439. The summed E-state index contributed by atoms with van der Waals surface area (Å²) in [4.78, 5) is 6.72. The number of rotatable bonds is 4. The van der Waals surface area contributed by atoms with Gasteiger partial charge in [0.2, 0.25) is 0 Å². The van der Waals surface area contributed by atoms with Crippen molar-refractivity contribution in [3.05, 3.63) is 64.0 Å². The molecular weight excluding hydrogens is 266 g/mol. The molecule has 20 heavy (non-hydrogen) atoms. The Morgan fingerprint density at radius 1 is 1.15 bits per heavy atom. The number of hydrogen-bond acceptors (Lipinski definition) is 3. The van der Waals surface area contributed by atoms with E-state index in [1.54, 1.807) is 11.3 Å². The van der Waals surface area contributed by atoms with Crippen molar-refractivity contribution >= 4 is 22.2 Å². The first-order valence-corrected chi connectivity index (χ1v) is 7.69. The molecule has 1 aromatic carbocycles. The van der Waals surface area contributed by atoms with Gasteiger partial charge in [0, 0.05) is 27.8 Å². The minimum Gasteiger partial charge on any atom is -0.387 e. The van der Waals surface area contributed by atoms with Gasteiger partial charge >= 0.3 is 0 Å². The van der Waals surface area contributed by atoms with E-state index in [0.717, 1.165) is 27.8 Å². The average Bonchev–Trinajstić information content (AvgIpc) is 2.97. The Morgan fingerprint density at radius 3 is 2.80 bits per heavy atom. The summed E-state index contributed by atoms with van der Waals surface area (Å²) in [5, 5.41) is 11.6. The number of fused-ring (bicyclic) bond motifs is 1. The lowest BCUT2D eigenvalue weighted by atomic mass is 10.0. The predicted octanol–water partition coefficient (Wildman–Crippen LogP) is 4.13. The van der Waals surface area contributed by atoms with Gasteiger partial charge in [0.15, 0.2) is 0 Å². The molecule has 0 saturated carbocycles. The molecule has 1 N–H and O–H groups in total. The Bertz CT molecular complexity index is 714. The third kappa shape index (κ3) is 2.60. The fourth-order valence-electron chi connectivity index (χ4n) is 2.41. The summed E-state index contributed by atoms with van der Waals surface area (Å²) in [6.45, 7) is 2.14. The molecule has 2 aromatic heterocycles. The van der Waals surface area contributed by atoms with Crippen LogP contribution in [0.3, 0.4) is 0 Å². The third-order valence-corrected chi connectivity index (χ3v) is 4.84. The lowest BCUT2D eigenvalue weighted by Gasteiger charge is -2.10. The van der Waals surface area contributed by atoms with Gasteiger partial charge < -0.3 is 5.11 Å². The number of pyridine rings is 1. The number of hydrogen-bond donors (Lipinski definition) is 1. The maximum atomic E-state index is 10.4. The Morgan fingerprint density at radius 2 is 2.00 bits per heavy atom. The molecule has 3 rings (SSSR count). The number of aliphatic hydroxyl groups excluding tert-OH is 1. The normalized spacial score (nSPS) is 12.7. The maximum absolute atomic E-state index is 10.4. The van der Waals surface area contributed by atoms with Gasteiger partial charge in [-0.2, -0.15) is 0 Å². The van der Waals surface area contributed by atoms with E-state index in [1.807, 2.05) is 36.5 Å². The van der Waals surface area contributed by atoms with Crippen molar-refractivity contribution in [2.24, 2.45) is 0 Å². The van der Waals surface area contributed by atoms with E-state index >= 15 is 0 Å². The van der Waals surface area contributed by atoms with Gasteiger partial charge in [-0.1, -0.05) is 25.1 Å². The summed E-state index contributed by atoms with van der Waals surface area (Å²) in [6, 6.07) is 14.2. The highest BCUT2D eigenvalue weighted by Gasteiger charge is 2.13. The fourth-order valence-corrected chi connectivity index (χ4v) is 3.34. The van der Waals surface area contributed by atoms with E-state index in [1.165, 1.54) is 4.88 Å². The highest BCUT2D eigenvalue weighted by atomic mass is 32.1. The van der Waals surface area contributed by atoms with Crippen LogP contribution >= 0.6 is 11.3 Å². The summed E-state index contributed by atoms with van der Waals surface area (Å²) in [5.41, 5.74) is 2.13. The van der Waals surface area contributed by atoms with Gasteiger partial charge in [0.05, 0.1) is 11.6 Å².